The Morgan fingerprint density at radius 2 is 1.59 bits per heavy atom. The molecular formula is C31H28F3N3O2. The fraction of sp³-hybridized carbons (Fsp3) is 0.226. The number of amides is 2. The Bertz CT molecular complexity index is 1480. The maximum Gasteiger partial charge on any atom is 0.416 e. The Labute approximate surface area is 225 Å². The molecule has 0 N–H and O–H groups in total. The van der Waals surface area contributed by atoms with Crippen molar-refractivity contribution in [2.45, 2.75) is 32.0 Å². The van der Waals surface area contributed by atoms with Gasteiger partial charge in [0.2, 0.25) is 5.91 Å². The van der Waals surface area contributed by atoms with E-state index in [1.807, 2.05) is 79.9 Å². The minimum atomic E-state index is -4.57. The second-order valence-electron chi connectivity index (χ2n) is 9.53. The molecule has 0 saturated carbocycles. The molecule has 1 aromatic heterocycles. The predicted octanol–water partition coefficient (Wildman–Crippen LogP) is 6.87. The lowest BCUT2D eigenvalue weighted by atomic mass is 9.97. The molecule has 200 valence electrons. The molecular weight excluding hydrogens is 503 g/mol. The smallest absolute Gasteiger partial charge is 0.329 e. The molecule has 0 fully saturated rings. The zero-order valence-corrected chi connectivity index (χ0v) is 21.4. The van der Waals surface area contributed by atoms with Gasteiger partial charge in [-0.3, -0.25) is 14.5 Å². The summed E-state index contributed by atoms with van der Waals surface area (Å²) in [5, 5.41) is 0. The molecule has 1 unspecified atom stereocenters. The largest absolute Gasteiger partial charge is 0.416 e. The zero-order chi connectivity index (χ0) is 27.6. The van der Waals surface area contributed by atoms with E-state index >= 15 is 0 Å². The Morgan fingerprint density at radius 1 is 0.872 bits per heavy atom. The number of carbonyl (C=O) groups is 2. The summed E-state index contributed by atoms with van der Waals surface area (Å²) in [6.07, 6.45) is -1.25. The molecule has 1 aliphatic rings. The third kappa shape index (κ3) is 5.19. The van der Waals surface area contributed by atoms with E-state index in [-0.39, 0.29) is 24.6 Å². The van der Waals surface area contributed by atoms with Crippen molar-refractivity contribution in [1.82, 2.24) is 9.47 Å². The molecule has 0 radical (unpaired) electrons. The minimum absolute atomic E-state index is 0.0961. The van der Waals surface area contributed by atoms with Gasteiger partial charge < -0.3 is 9.47 Å². The summed E-state index contributed by atoms with van der Waals surface area (Å²) in [7, 11) is 0. The first-order valence-electron chi connectivity index (χ1n) is 12.9. The Balaban J connectivity index is 1.53. The predicted molar refractivity (Wildman–Crippen MR) is 144 cm³/mol. The van der Waals surface area contributed by atoms with Crippen LogP contribution >= 0.6 is 0 Å². The monoisotopic (exact) mass is 531 g/mol. The highest BCUT2D eigenvalue weighted by Gasteiger charge is 2.37. The van der Waals surface area contributed by atoms with Crippen LogP contribution in [0.15, 0.2) is 97.2 Å². The number of hydrogen-bond donors (Lipinski definition) is 0. The van der Waals surface area contributed by atoms with E-state index in [4.69, 9.17) is 0 Å². The van der Waals surface area contributed by atoms with Gasteiger partial charge in [-0.05, 0) is 54.4 Å². The fourth-order valence-electron chi connectivity index (χ4n) is 5.06. The summed E-state index contributed by atoms with van der Waals surface area (Å²) in [5.41, 5.74) is 2.35. The highest BCUT2D eigenvalue weighted by atomic mass is 19.4. The summed E-state index contributed by atoms with van der Waals surface area (Å²) in [4.78, 5) is 30.7. The van der Waals surface area contributed by atoms with Crippen molar-refractivity contribution < 1.29 is 22.8 Å². The number of fused-ring (bicyclic) bond motifs is 3. The second-order valence-corrected chi connectivity index (χ2v) is 9.53. The molecule has 1 aliphatic heterocycles. The molecule has 3 aromatic carbocycles. The van der Waals surface area contributed by atoms with E-state index in [1.54, 1.807) is 4.90 Å². The summed E-state index contributed by atoms with van der Waals surface area (Å²) >= 11 is 0. The number of benzene rings is 3. The number of halogens is 3. The normalized spacial score (nSPS) is 14.5. The molecule has 5 rings (SSSR count). The molecule has 1 atom stereocenters. The Hall–Kier alpha value is -4.33. The minimum Gasteiger partial charge on any atom is -0.329 e. The van der Waals surface area contributed by atoms with Gasteiger partial charge in [0, 0.05) is 18.3 Å². The number of aromatic nitrogens is 1. The maximum absolute atomic E-state index is 14.2. The Morgan fingerprint density at radius 3 is 2.31 bits per heavy atom. The first-order chi connectivity index (χ1) is 18.8. The molecule has 0 aliphatic carbocycles. The van der Waals surface area contributed by atoms with Gasteiger partial charge in [-0.25, -0.2) is 0 Å². The number of unbranched alkanes of at least 4 members (excludes halogenated alkanes) is 1. The highest BCUT2D eigenvalue weighted by Crippen LogP contribution is 2.42. The van der Waals surface area contributed by atoms with Gasteiger partial charge >= 0.3 is 6.18 Å². The van der Waals surface area contributed by atoms with Crippen molar-refractivity contribution >= 4 is 17.5 Å². The fourth-order valence-corrected chi connectivity index (χ4v) is 5.06. The molecule has 2 amide bonds. The first kappa shape index (κ1) is 26.3. The van der Waals surface area contributed by atoms with Crippen LogP contribution in [0.5, 0.6) is 0 Å². The van der Waals surface area contributed by atoms with Crippen LogP contribution < -0.4 is 4.90 Å². The van der Waals surface area contributed by atoms with E-state index in [9.17, 15) is 22.8 Å². The van der Waals surface area contributed by atoms with E-state index in [1.165, 1.54) is 17.0 Å². The summed E-state index contributed by atoms with van der Waals surface area (Å²) in [6.45, 7) is 1.93. The van der Waals surface area contributed by atoms with E-state index in [2.05, 4.69) is 4.57 Å². The van der Waals surface area contributed by atoms with Crippen molar-refractivity contribution in [2.75, 3.05) is 18.0 Å². The van der Waals surface area contributed by atoms with Crippen molar-refractivity contribution in [3.8, 4) is 5.69 Å². The van der Waals surface area contributed by atoms with Crippen LogP contribution in [0, 0.1) is 0 Å². The van der Waals surface area contributed by atoms with Crippen LogP contribution in [0.1, 0.15) is 53.0 Å². The quantitative estimate of drug-likeness (QED) is 0.261. The maximum atomic E-state index is 14.2. The lowest BCUT2D eigenvalue weighted by molar-refractivity contribution is -0.137. The van der Waals surface area contributed by atoms with Crippen molar-refractivity contribution in [2.24, 2.45) is 0 Å². The number of anilines is 1. The summed E-state index contributed by atoms with van der Waals surface area (Å²) in [6, 6.07) is 25.0. The van der Waals surface area contributed by atoms with E-state index in [0.29, 0.717) is 12.1 Å². The van der Waals surface area contributed by atoms with Crippen molar-refractivity contribution in [1.29, 1.82) is 0 Å². The zero-order valence-electron chi connectivity index (χ0n) is 21.4. The van der Waals surface area contributed by atoms with Crippen LogP contribution in [0.4, 0.5) is 18.9 Å². The molecule has 4 aromatic rings. The molecule has 8 heteroatoms. The topological polar surface area (TPSA) is 45.6 Å². The van der Waals surface area contributed by atoms with E-state index in [0.717, 1.165) is 35.5 Å². The van der Waals surface area contributed by atoms with Crippen molar-refractivity contribution in [3.63, 3.8) is 0 Å². The SMILES string of the molecule is CCCCN(CC(=O)N1c2ccccc2-n2cccc2C1c1ccccc1)C(=O)c1cccc(C(F)(F)F)c1. The highest BCUT2D eigenvalue weighted by molar-refractivity contribution is 6.02. The lowest BCUT2D eigenvalue weighted by Gasteiger charge is -2.39. The number of rotatable bonds is 7. The molecule has 5 nitrogen and oxygen atoms in total. The summed E-state index contributed by atoms with van der Waals surface area (Å²) in [5.74, 6) is -0.923. The van der Waals surface area contributed by atoms with Gasteiger partial charge in [-0.15, -0.1) is 0 Å². The molecule has 0 spiro atoms. The standard InChI is InChI=1S/C31H28F3N3O2/c1-2-3-18-35(30(39)23-13-9-14-24(20-23)31(32,33)34)21-28(38)37-26-16-8-7-15-25(26)36-19-10-17-27(36)29(37)22-11-5-4-6-12-22/h4-17,19-20,29H,2-3,18,21H2,1H3. The number of hydrogen-bond acceptors (Lipinski definition) is 2. The van der Waals surface area contributed by atoms with Crippen LogP contribution in [0.3, 0.4) is 0 Å². The third-order valence-corrected chi connectivity index (χ3v) is 6.94. The Kier molecular flexibility index (Phi) is 7.28. The van der Waals surface area contributed by atoms with Gasteiger partial charge in [0.1, 0.15) is 12.6 Å². The number of para-hydroxylation sites is 2. The third-order valence-electron chi connectivity index (χ3n) is 6.94. The van der Waals surface area contributed by atoms with Crippen molar-refractivity contribution in [3.05, 3.63) is 120 Å². The molecule has 2 heterocycles. The average Bonchev–Trinajstić information content (AvgIpc) is 3.44. The number of alkyl halides is 3. The van der Waals surface area contributed by atoms with Gasteiger partial charge in [0.05, 0.1) is 22.6 Å². The van der Waals surface area contributed by atoms with Crippen LogP contribution in [-0.4, -0.2) is 34.4 Å². The summed E-state index contributed by atoms with van der Waals surface area (Å²) < 4.78 is 42.1. The average molecular weight is 532 g/mol. The van der Waals surface area contributed by atoms with E-state index < -0.39 is 23.7 Å². The second kappa shape index (κ2) is 10.8. The molecule has 0 saturated heterocycles. The van der Waals surface area contributed by atoms with Gasteiger partial charge in [0.15, 0.2) is 0 Å². The molecule has 39 heavy (non-hydrogen) atoms. The molecule has 0 bridgehead atoms. The number of carbonyl (C=O) groups excluding carboxylic acids is 2. The number of nitrogens with zero attached hydrogens (tertiary/aromatic N) is 3. The lowest BCUT2D eigenvalue weighted by Crippen LogP contribution is -2.47. The van der Waals surface area contributed by atoms with Gasteiger partial charge in [-0.1, -0.05) is 61.9 Å². The van der Waals surface area contributed by atoms with Crippen LogP contribution in [0.2, 0.25) is 0 Å². The first-order valence-corrected chi connectivity index (χ1v) is 12.9. The van der Waals surface area contributed by atoms with Crippen LogP contribution in [0.25, 0.3) is 5.69 Å². The van der Waals surface area contributed by atoms with Crippen LogP contribution in [-0.2, 0) is 11.0 Å². The van der Waals surface area contributed by atoms with Gasteiger partial charge in [0.25, 0.3) is 5.91 Å². The van der Waals surface area contributed by atoms with Gasteiger partial charge in [-0.2, -0.15) is 13.2 Å².